The molecule has 0 unspecified atom stereocenters. The Morgan fingerprint density at radius 1 is 0.600 bits per heavy atom. The summed E-state index contributed by atoms with van der Waals surface area (Å²) >= 11 is 0. The van der Waals surface area contributed by atoms with Gasteiger partial charge in [-0.2, -0.15) is 0 Å². The van der Waals surface area contributed by atoms with E-state index in [2.05, 4.69) is 35.9 Å². The fourth-order valence-electron chi connectivity index (χ4n) is 11.9. The number of benzene rings is 2. The molecule has 0 saturated heterocycles. The number of carboxylic acid groups (broad SMARTS) is 2. The summed E-state index contributed by atoms with van der Waals surface area (Å²) in [6, 6.07) is 11.8. The topological polar surface area (TPSA) is 163 Å². The summed E-state index contributed by atoms with van der Waals surface area (Å²) < 4.78 is 11.4. The third-order valence-electron chi connectivity index (χ3n) is 15.3. The van der Waals surface area contributed by atoms with E-state index in [1.54, 1.807) is 0 Å². The molecule has 60 heavy (non-hydrogen) atoms. The molecule has 1 amide bonds. The number of unbranched alkanes of at least 4 members (excludes halogenated alkanes) is 4. The maximum absolute atomic E-state index is 12.7. The number of esters is 1. The summed E-state index contributed by atoms with van der Waals surface area (Å²) in [6.45, 7) is 12.2. The maximum atomic E-state index is 12.7. The second-order valence-corrected chi connectivity index (χ2v) is 19.3. The Labute approximate surface area is 357 Å². The van der Waals surface area contributed by atoms with Crippen molar-refractivity contribution in [1.29, 1.82) is 0 Å². The zero-order valence-electron chi connectivity index (χ0n) is 36.7. The van der Waals surface area contributed by atoms with Crippen molar-refractivity contribution >= 4 is 24.0 Å². The summed E-state index contributed by atoms with van der Waals surface area (Å²) in [5.41, 5.74) is 2.82. The number of hydrogen-bond acceptors (Lipinski definition) is 8. The van der Waals surface area contributed by atoms with E-state index in [4.69, 9.17) is 9.47 Å². The molecule has 2 saturated carbocycles. The molecule has 2 fully saturated rings. The Bertz CT molecular complexity index is 1720. The van der Waals surface area contributed by atoms with Gasteiger partial charge in [-0.05, 0) is 186 Å². The van der Waals surface area contributed by atoms with Gasteiger partial charge in [0.25, 0.3) is 0 Å². The van der Waals surface area contributed by atoms with E-state index in [0.29, 0.717) is 43.7 Å². The van der Waals surface area contributed by atoms with E-state index in [0.717, 1.165) is 114 Å². The number of aliphatic carboxylic acids is 2. The van der Waals surface area contributed by atoms with Crippen LogP contribution >= 0.6 is 0 Å². The molecule has 0 aromatic heterocycles. The minimum Gasteiger partial charge on any atom is -0.481 e. The van der Waals surface area contributed by atoms with E-state index < -0.39 is 28.9 Å². The molecule has 4 aliphatic rings. The van der Waals surface area contributed by atoms with Gasteiger partial charge in [-0.1, -0.05) is 58.1 Å². The molecule has 6 rings (SSSR count). The molecule has 4 aliphatic carbocycles. The van der Waals surface area contributed by atoms with Crippen LogP contribution in [0.15, 0.2) is 36.4 Å². The summed E-state index contributed by atoms with van der Waals surface area (Å²) in [4.78, 5) is 49.9. The Balaban J connectivity index is 0.764. The van der Waals surface area contributed by atoms with Gasteiger partial charge < -0.3 is 35.6 Å². The number of carbonyl (C=O) groups is 4. The Kier molecular flexibility index (Phi) is 15.1. The molecular formula is C49H71N3O8. The van der Waals surface area contributed by atoms with Gasteiger partial charge in [0.1, 0.15) is 11.5 Å². The van der Waals surface area contributed by atoms with Crippen LogP contribution in [0.2, 0.25) is 0 Å². The van der Waals surface area contributed by atoms with Crippen molar-refractivity contribution in [2.24, 2.45) is 22.7 Å². The highest BCUT2D eigenvalue weighted by Gasteiger charge is 2.56. The quantitative estimate of drug-likeness (QED) is 0.0495. The van der Waals surface area contributed by atoms with E-state index in [9.17, 15) is 29.4 Å². The minimum atomic E-state index is -0.738. The van der Waals surface area contributed by atoms with Crippen molar-refractivity contribution in [3.63, 3.8) is 0 Å². The van der Waals surface area contributed by atoms with Crippen LogP contribution in [-0.4, -0.2) is 66.9 Å². The monoisotopic (exact) mass is 830 g/mol. The summed E-state index contributed by atoms with van der Waals surface area (Å²) in [5, 5.41) is 30.0. The number of rotatable bonds is 20. The first kappa shape index (κ1) is 45.6. The number of amides is 1. The van der Waals surface area contributed by atoms with Crippen LogP contribution in [0.4, 0.5) is 4.79 Å². The lowest BCUT2D eigenvalue weighted by Crippen LogP contribution is -2.52. The van der Waals surface area contributed by atoms with Gasteiger partial charge in [0.05, 0.1) is 10.8 Å². The Morgan fingerprint density at radius 3 is 1.58 bits per heavy atom. The standard InChI is InChI=1S/C49H71N3O8/c1-46-23-11-25-48(3,43(54)55)40(46)21-17-34-15-19-36(32-38(34)46)59-42(53)14-10-29-50-27-8-6-5-7-9-28-51-30-13-31-52-45(58)60-37-20-16-35-18-22-41-47(2,39(35)33-37)24-12-26-49(41,4)44(56)57/h15-16,19-20,32-33,40-41,50-51H,5-14,17-18,21-31H2,1-4H3,(H,52,58)(H,54,55)(H,56,57)/t40-,41-,46-,47-,48+,49+/m1/s1. The molecule has 5 N–H and O–H groups in total. The van der Waals surface area contributed by atoms with Crippen molar-refractivity contribution in [2.75, 3.05) is 32.7 Å². The third kappa shape index (κ3) is 10.0. The molecule has 0 aliphatic heterocycles. The third-order valence-corrected chi connectivity index (χ3v) is 15.3. The van der Waals surface area contributed by atoms with E-state index >= 15 is 0 Å². The fourth-order valence-corrected chi connectivity index (χ4v) is 11.9. The first-order valence-corrected chi connectivity index (χ1v) is 23.0. The van der Waals surface area contributed by atoms with Crippen molar-refractivity contribution < 1.29 is 38.9 Å². The van der Waals surface area contributed by atoms with Gasteiger partial charge in [-0.3, -0.25) is 14.4 Å². The van der Waals surface area contributed by atoms with Crippen LogP contribution in [0.25, 0.3) is 0 Å². The molecule has 2 aromatic carbocycles. The highest BCUT2D eigenvalue weighted by molar-refractivity contribution is 5.76. The number of hydrogen-bond donors (Lipinski definition) is 5. The van der Waals surface area contributed by atoms with Crippen LogP contribution in [0, 0.1) is 22.7 Å². The lowest BCUT2D eigenvalue weighted by molar-refractivity contribution is -0.158. The zero-order valence-corrected chi connectivity index (χ0v) is 36.7. The van der Waals surface area contributed by atoms with Crippen LogP contribution in [0.3, 0.4) is 0 Å². The molecule has 0 heterocycles. The molecule has 11 heteroatoms. The van der Waals surface area contributed by atoms with Crippen LogP contribution in [0.5, 0.6) is 11.5 Å². The fraction of sp³-hybridized carbons (Fsp3) is 0.673. The zero-order chi connectivity index (χ0) is 43.0. The van der Waals surface area contributed by atoms with E-state index in [1.165, 1.54) is 24.0 Å². The molecule has 11 nitrogen and oxygen atoms in total. The normalized spacial score (nSPS) is 28.0. The van der Waals surface area contributed by atoms with Gasteiger partial charge in [0, 0.05) is 13.0 Å². The second kappa shape index (κ2) is 19.8. The van der Waals surface area contributed by atoms with Gasteiger partial charge in [-0.15, -0.1) is 0 Å². The van der Waals surface area contributed by atoms with Crippen molar-refractivity contribution in [3.05, 3.63) is 58.7 Å². The van der Waals surface area contributed by atoms with Crippen LogP contribution in [-0.2, 0) is 38.1 Å². The lowest BCUT2D eigenvalue weighted by atomic mass is 9.50. The Hall–Kier alpha value is -3.96. The average Bonchev–Trinajstić information content (AvgIpc) is 3.20. The smallest absolute Gasteiger partial charge is 0.412 e. The number of fused-ring (bicyclic) bond motifs is 6. The van der Waals surface area contributed by atoms with E-state index in [-0.39, 0.29) is 28.6 Å². The first-order valence-electron chi connectivity index (χ1n) is 23.0. The minimum absolute atomic E-state index is 0.0536. The highest BCUT2D eigenvalue weighted by atomic mass is 16.6. The van der Waals surface area contributed by atoms with Crippen molar-refractivity contribution in [2.45, 2.75) is 154 Å². The van der Waals surface area contributed by atoms with Gasteiger partial charge in [0.15, 0.2) is 0 Å². The van der Waals surface area contributed by atoms with Gasteiger partial charge >= 0.3 is 24.0 Å². The largest absolute Gasteiger partial charge is 0.481 e. The maximum Gasteiger partial charge on any atom is 0.412 e. The summed E-state index contributed by atoms with van der Waals surface area (Å²) in [5.74, 6) is -0.454. The highest BCUT2D eigenvalue weighted by Crippen LogP contribution is 2.59. The second-order valence-electron chi connectivity index (χ2n) is 19.3. The predicted octanol–water partition coefficient (Wildman–Crippen LogP) is 8.87. The molecular weight excluding hydrogens is 759 g/mol. The summed E-state index contributed by atoms with van der Waals surface area (Å²) in [6.07, 6.45) is 15.6. The SMILES string of the molecule is C[C@]1(C(=O)O)CCC[C@]2(C)c3cc(OC(=O)CCCNCCCCCCCNCCCNC(=O)Oc4ccc5c(c4)[C@@]4(C)CCC[C@](C)(C(=O)O)[C@@H]4CC5)ccc3CC[C@@H]12. The van der Waals surface area contributed by atoms with Gasteiger partial charge in [-0.25, -0.2) is 4.79 Å². The number of ether oxygens (including phenoxy) is 2. The number of carboxylic acids is 2. The molecule has 2 aromatic rings. The Morgan fingerprint density at radius 2 is 1.07 bits per heavy atom. The first-order chi connectivity index (χ1) is 28.7. The van der Waals surface area contributed by atoms with Crippen LogP contribution < -0.4 is 25.4 Å². The molecule has 330 valence electrons. The molecule has 6 atom stereocenters. The predicted molar refractivity (Wildman–Crippen MR) is 233 cm³/mol. The van der Waals surface area contributed by atoms with E-state index in [1.807, 2.05) is 44.2 Å². The lowest BCUT2D eigenvalue weighted by Gasteiger charge is -2.53. The summed E-state index contributed by atoms with van der Waals surface area (Å²) in [7, 11) is 0. The van der Waals surface area contributed by atoms with Gasteiger partial charge in [0.2, 0.25) is 0 Å². The molecule has 0 spiro atoms. The van der Waals surface area contributed by atoms with Crippen molar-refractivity contribution in [3.8, 4) is 11.5 Å². The molecule has 0 bridgehead atoms. The number of nitrogens with one attached hydrogen (secondary N) is 3. The number of aryl methyl sites for hydroxylation is 2. The van der Waals surface area contributed by atoms with Crippen molar-refractivity contribution in [1.82, 2.24) is 16.0 Å². The average molecular weight is 830 g/mol. The van der Waals surface area contributed by atoms with Crippen LogP contribution in [0.1, 0.15) is 153 Å². The number of carbonyl (C=O) groups excluding carboxylic acids is 2. The molecule has 0 radical (unpaired) electrons.